The zero-order valence-corrected chi connectivity index (χ0v) is 14.0. The highest BCUT2D eigenvalue weighted by Crippen LogP contribution is 2.24. The molecule has 3 heteroatoms. The van der Waals surface area contributed by atoms with Gasteiger partial charge < -0.3 is 15.6 Å². The first-order chi connectivity index (χ1) is 9.99. The quantitative estimate of drug-likeness (QED) is 0.732. The van der Waals surface area contributed by atoms with Crippen LogP contribution in [0.5, 0.6) is 5.75 Å². The fourth-order valence-electron chi connectivity index (χ4n) is 2.53. The summed E-state index contributed by atoms with van der Waals surface area (Å²) in [5, 5.41) is 10.1. The molecule has 3 N–H and O–H groups in total. The molecule has 0 bridgehead atoms. The van der Waals surface area contributed by atoms with E-state index in [1.54, 1.807) is 0 Å². The van der Waals surface area contributed by atoms with Crippen molar-refractivity contribution in [1.29, 1.82) is 0 Å². The maximum absolute atomic E-state index is 10.1. The lowest BCUT2D eigenvalue weighted by molar-refractivity contribution is 0.131. The highest BCUT2D eigenvalue weighted by molar-refractivity contribution is 5.41. The van der Waals surface area contributed by atoms with Crippen molar-refractivity contribution in [1.82, 2.24) is 0 Å². The molecular formula is C18H31NO2. The van der Waals surface area contributed by atoms with Crippen LogP contribution in [0.15, 0.2) is 12.1 Å². The first-order valence-electron chi connectivity index (χ1n) is 8.16. The molecule has 0 aromatic heterocycles. The van der Waals surface area contributed by atoms with Crippen molar-refractivity contribution < 1.29 is 9.84 Å². The Morgan fingerprint density at radius 3 is 2.43 bits per heavy atom. The predicted octanol–water partition coefficient (Wildman–Crippen LogP) is 3.51. The lowest BCUT2D eigenvalue weighted by Gasteiger charge is -2.19. The molecule has 0 saturated heterocycles. The topological polar surface area (TPSA) is 55.5 Å². The second-order valence-electron chi connectivity index (χ2n) is 5.95. The third-order valence-electron chi connectivity index (χ3n) is 3.92. The average molecular weight is 293 g/mol. The van der Waals surface area contributed by atoms with E-state index in [4.69, 9.17) is 10.5 Å². The van der Waals surface area contributed by atoms with Crippen molar-refractivity contribution in [2.24, 2.45) is 5.73 Å². The number of aliphatic hydroxyl groups excluding tert-OH is 1. The van der Waals surface area contributed by atoms with E-state index in [0.717, 1.165) is 50.0 Å². The monoisotopic (exact) mass is 293 g/mol. The standard InChI is InChI=1S/C18H31NO2/c1-5-7-16(19)17(20)9-8-15-11-14(4)18(12-13(15)3)21-10-6-2/h11-12,16-17,20H,5-10,19H2,1-4H3. The summed E-state index contributed by atoms with van der Waals surface area (Å²) < 4.78 is 5.75. The Morgan fingerprint density at radius 1 is 1.10 bits per heavy atom. The summed E-state index contributed by atoms with van der Waals surface area (Å²) in [5.41, 5.74) is 9.63. The Bertz CT molecular complexity index is 431. The van der Waals surface area contributed by atoms with E-state index < -0.39 is 6.10 Å². The first kappa shape index (κ1) is 18.0. The van der Waals surface area contributed by atoms with E-state index in [0.29, 0.717) is 0 Å². The number of rotatable bonds is 9. The number of hydrogen-bond acceptors (Lipinski definition) is 3. The number of nitrogens with two attached hydrogens (primary N) is 1. The maximum Gasteiger partial charge on any atom is 0.122 e. The van der Waals surface area contributed by atoms with Crippen LogP contribution in [0.2, 0.25) is 0 Å². The number of hydrogen-bond donors (Lipinski definition) is 2. The zero-order chi connectivity index (χ0) is 15.8. The Balaban J connectivity index is 2.65. The molecule has 21 heavy (non-hydrogen) atoms. The average Bonchev–Trinajstić information content (AvgIpc) is 2.46. The summed E-state index contributed by atoms with van der Waals surface area (Å²) in [5.74, 6) is 0.973. The fraction of sp³-hybridized carbons (Fsp3) is 0.667. The molecule has 0 heterocycles. The molecule has 120 valence electrons. The molecule has 0 aliphatic carbocycles. The lowest BCUT2D eigenvalue weighted by atomic mass is 9.96. The molecule has 0 spiro atoms. The summed E-state index contributed by atoms with van der Waals surface area (Å²) in [6.45, 7) is 9.13. The van der Waals surface area contributed by atoms with Gasteiger partial charge in [0.05, 0.1) is 12.7 Å². The second kappa shape index (κ2) is 9.06. The van der Waals surface area contributed by atoms with Crippen LogP contribution in [0.3, 0.4) is 0 Å². The number of aryl methyl sites for hydroxylation is 3. The number of aliphatic hydroxyl groups is 1. The molecule has 2 atom stereocenters. The molecule has 1 rings (SSSR count). The van der Waals surface area contributed by atoms with Crippen LogP contribution in [0.4, 0.5) is 0 Å². The van der Waals surface area contributed by atoms with E-state index in [2.05, 4.69) is 39.8 Å². The molecule has 1 aromatic rings. The van der Waals surface area contributed by atoms with Gasteiger partial charge in [-0.1, -0.05) is 26.3 Å². The van der Waals surface area contributed by atoms with Crippen LogP contribution in [-0.4, -0.2) is 23.9 Å². The molecule has 0 amide bonds. The van der Waals surface area contributed by atoms with Gasteiger partial charge in [0.15, 0.2) is 0 Å². The van der Waals surface area contributed by atoms with Gasteiger partial charge in [0.2, 0.25) is 0 Å². The van der Waals surface area contributed by atoms with Gasteiger partial charge in [0.25, 0.3) is 0 Å². The minimum atomic E-state index is -0.416. The lowest BCUT2D eigenvalue weighted by Crippen LogP contribution is -2.34. The smallest absolute Gasteiger partial charge is 0.122 e. The Hall–Kier alpha value is -1.06. The summed E-state index contributed by atoms with van der Waals surface area (Å²) in [6, 6.07) is 4.18. The van der Waals surface area contributed by atoms with E-state index in [-0.39, 0.29) is 6.04 Å². The molecule has 1 aromatic carbocycles. The third-order valence-corrected chi connectivity index (χ3v) is 3.92. The Morgan fingerprint density at radius 2 is 1.81 bits per heavy atom. The van der Waals surface area contributed by atoms with Gasteiger partial charge in [0.1, 0.15) is 5.75 Å². The van der Waals surface area contributed by atoms with Crippen LogP contribution in [0, 0.1) is 13.8 Å². The molecule has 0 aliphatic rings. The van der Waals surface area contributed by atoms with Crippen LogP contribution in [-0.2, 0) is 6.42 Å². The summed E-state index contributed by atoms with van der Waals surface area (Å²) >= 11 is 0. The van der Waals surface area contributed by atoms with Crippen molar-refractivity contribution in [3.63, 3.8) is 0 Å². The Labute approximate surface area is 129 Å². The molecule has 0 aliphatic heterocycles. The Kier molecular flexibility index (Phi) is 7.76. The molecular weight excluding hydrogens is 262 g/mol. The highest BCUT2D eigenvalue weighted by Gasteiger charge is 2.14. The minimum absolute atomic E-state index is 0.108. The third kappa shape index (κ3) is 5.68. The molecule has 0 saturated carbocycles. The summed E-state index contributed by atoms with van der Waals surface area (Å²) in [7, 11) is 0. The van der Waals surface area contributed by atoms with Crippen LogP contribution in [0.25, 0.3) is 0 Å². The first-order valence-corrected chi connectivity index (χ1v) is 8.16. The van der Waals surface area contributed by atoms with Gasteiger partial charge >= 0.3 is 0 Å². The number of ether oxygens (including phenoxy) is 1. The van der Waals surface area contributed by atoms with Gasteiger partial charge in [-0.2, -0.15) is 0 Å². The highest BCUT2D eigenvalue weighted by atomic mass is 16.5. The van der Waals surface area contributed by atoms with Gasteiger partial charge in [-0.25, -0.2) is 0 Å². The predicted molar refractivity (Wildman–Crippen MR) is 88.9 cm³/mol. The van der Waals surface area contributed by atoms with Crippen LogP contribution >= 0.6 is 0 Å². The summed E-state index contributed by atoms with van der Waals surface area (Å²) in [4.78, 5) is 0. The molecule has 2 unspecified atom stereocenters. The van der Waals surface area contributed by atoms with Gasteiger partial charge in [-0.05, 0) is 62.3 Å². The van der Waals surface area contributed by atoms with Crippen LogP contribution < -0.4 is 10.5 Å². The second-order valence-corrected chi connectivity index (χ2v) is 5.95. The molecule has 3 nitrogen and oxygen atoms in total. The van der Waals surface area contributed by atoms with Crippen molar-refractivity contribution in [3.8, 4) is 5.75 Å². The molecule has 0 fully saturated rings. The van der Waals surface area contributed by atoms with Crippen LogP contribution in [0.1, 0.15) is 56.2 Å². The van der Waals surface area contributed by atoms with Crippen molar-refractivity contribution in [2.45, 2.75) is 71.9 Å². The van der Waals surface area contributed by atoms with Crippen molar-refractivity contribution in [2.75, 3.05) is 6.61 Å². The van der Waals surface area contributed by atoms with E-state index in [9.17, 15) is 5.11 Å². The van der Waals surface area contributed by atoms with E-state index >= 15 is 0 Å². The van der Waals surface area contributed by atoms with Gasteiger partial charge in [-0.3, -0.25) is 0 Å². The minimum Gasteiger partial charge on any atom is -0.493 e. The summed E-state index contributed by atoms with van der Waals surface area (Å²) in [6.07, 6.45) is 4.07. The van der Waals surface area contributed by atoms with Crippen molar-refractivity contribution in [3.05, 3.63) is 28.8 Å². The van der Waals surface area contributed by atoms with E-state index in [1.807, 2.05) is 0 Å². The maximum atomic E-state index is 10.1. The largest absolute Gasteiger partial charge is 0.493 e. The van der Waals surface area contributed by atoms with Crippen molar-refractivity contribution >= 4 is 0 Å². The van der Waals surface area contributed by atoms with Gasteiger partial charge in [-0.15, -0.1) is 0 Å². The zero-order valence-electron chi connectivity index (χ0n) is 14.0. The molecule has 0 radical (unpaired) electrons. The fourth-order valence-corrected chi connectivity index (χ4v) is 2.53. The number of benzene rings is 1. The SMILES string of the molecule is CCCOc1cc(C)c(CCC(O)C(N)CCC)cc1C. The van der Waals surface area contributed by atoms with Gasteiger partial charge in [0, 0.05) is 6.04 Å². The normalized spacial score (nSPS) is 14.0. The van der Waals surface area contributed by atoms with E-state index in [1.165, 1.54) is 11.1 Å².